The minimum Gasteiger partial charge on any atom is -0.459 e. The van der Waals surface area contributed by atoms with Crippen LogP contribution >= 0.6 is 11.3 Å². The Morgan fingerprint density at radius 2 is 2.13 bits per heavy atom. The van der Waals surface area contributed by atoms with Crippen molar-refractivity contribution in [3.63, 3.8) is 0 Å². The van der Waals surface area contributed by atoms with E-state index >= 15 is 0 Å². The molecule has 0 fully saturated rings. The number of thiophene rings is 1. The molecule has 0 saturated carbocycles. The van der Waals surface area contributed by atoms with Crippen molar-refractivity contribution in [2.75, 3.05) is 11.6 Å². The van der Waals surface area contributed by atoms with Gasteiger partial charge in [-0.1, -0.05) is 13.8 Å². The van der Waals surface area contributed by atoms with Crippen LogP contribution in [0.4, 0.5) is 5.00 Å². The van der Waals surface area contributed by atoms with E-state index in [-0.39, 0.29) is 5.91 Å². The second-order valence-electron chi connectivity index (χ2n) is 6.28. The summed E-state index contributed by atoms with van der Waals surface area (Å²) in [6.45, 7) is 10.5. The number of aryl methyl sites for hydroxylation is 1. The Kier molecular flexibility index (Phi) is 4.60. The second-order valence-corrected chi connectivity index (χ2v) is 7.49. The number of anilines is 1. The first-order valence-electron chi connectivity index (χ1n) is 8.35. The molecule has 0 saturated heterocycles. The number of carbonyl (C=O) groups is 1. The summed E-state index contributed by atoms with van der Waals surface area (Å²) in [6.07, 6.45) is 3.83. The molecule has 0 bridgehead atoms. The van der Waals surface area contributed by atoms with Crippen molar-refractivity contribution in [3.8, 4) is 0 Å². The van der Waals surface area contributed by atoms with Crippen LogP contribution in [0.2, 0.25) is 0 Å². The Hall–Kier alpha value is -1.59. The molecule has 0 aromatic carbocycles. The zero-order valence-electron chi connectivity index (χ0n) is 14.3. The van der Waals surface area contributed by atoms with E-state index in [2.05, 4.69) is 27.7 Å². The molecule has 1 amide bonds. The lowest BCUT2D eigenvalue weighted by Crippen LogP contribution is -3.17. The van der Waals surface area contributed by atoms with E-state index in [1.165, 1.54) is 20.9 Å². The van der Waals surface area contributed by atoms with Gasteiger partial charge in [0.15, 0.2) is 12.4 Å². The third kappa shape index (κ3) is 2.83. The molecule has 23 heavy (non-hydrogen) atoms. The average molecular weight is 333 g/mol. The van der Waals surface area contributed by atoms with E-state index < -0.39 is 0 Å². The van der Waals surface area contributed by atoms with Crippen molar-refractivity contribution in [3.05, 3.63) is 40.2 Å². The van der Waals surface area contributed by atoms with Gasteiger partial charge in [0.2, 0.25) is 0 Å². The minimum atomic E-state index is -0.0272. The standard InChI is InChI=1S/C18H24N2O2S/c1-5-14(6-2)19-10-15-12(3)13(4)23-18(15)20(11-19)17(21)16-8-7-9-22-16/h7-9,14H,5-6,10-11H2,1-4H3/p+1. The fraction of sp³-hybridized carbons (Fsp3) is 0.500. The van der Waals surface area contributed by atoms with E-state index in [1.807, 2.05) is 4.90 Å². The summed E-state index contributed by atoms with van der Waals surface area (Å²) in [5.74, 6) is 0.395. The van der Waals surface area contributed by atoms with Crippen LogP contribution in [0.25, 0.3) is 0 Å². The maximum absolute atomic E-state index is 12.9. The normalized spacial score (nSPS) is 17.6. The van der Waals surface area contributed by atoms with E-state index in [0.717, 1.165) is 31.1 Å². The molecule has 1 aliphatic heterocycles. The number of nitrogens with zero attached hydrogens (tertiary/aromatic N) is 1. The molecule has 1 unspecified atom stereocenters. The molecule has 0 radical (unpaired) electrons. The molecule has 3 heterocycles. The highest BCUT2D eigenvalue weighted by atomic mass is 32.1. The lowest BCUT2D eigenvalue weighted by Gasteiger charge is -2.36. The predicted octanol–water partition coefficient (Wildman–Crippen LogP) is 3.15. The highest BCUT2D eigenvalue weighted by molar-refractivity contribution is 7.16. The van der Waals surface area contributed by atoms with E-state index in [9.17, 15) is 4.79 Å². The third-order valence-corrected chi connectivity index (χ3v) is 6.31. The summed E-state index contributed by atoms with van der Waals surface area (Å²) in [5, 5.41) is 1.11. The fourth-order valence-corrected chi connectivity index (χ4v) is 4.65. The molecule has 0 spiro atoms. The smallest absolute Gasteiger partial charge is 0.298 e. The van der Waals surface area contributed by atoms with Gasteiger partial charge in [-0.2, -0.15) is 0 Å². The molecule has 1 atom stereocenters. The number of rotatable bonds is 4. The summed E-state index contributed by atoms with van der Waals surface area (Å²) in [6, 6.07) is 4.10. The number of hydrogen-bond acceptors (Lipinski definition) is 3. The summed E-state index contributed by atoms with van der Waals surface area (Å²) in [5.41, 5.74) is 2.67. The first-order valence-corrected chi connectivity index (χ1v) is 9.17. The number of quaternary nitrogens is 1. The largest absolute Gasteiger partial charge is 0.459 e. The summed E-state index contributed by atoms with van der Waals surface area (Å²) in [7, 11) is 0. The first kappa shape index (κ1) is 16.3. The third-order valence-electron chi connectivity index (χ3n) is 5.04. The topological polar surface area (TPSA) is 37.9 Å². The number of nitrogens with one attached hydrogen (secondary N) is 1. The SMILES string of the molecule is CCC(CC)[NH+]1Cc2c(sc(C)c2C)N(C(=O)c2ccco2)C1. The van der Waals surface area contributed by atoms with Gasteiger partial charge < -0.3 is 9.32 Å². The van der Waals surface area contributed by atoms with Crippen LogP contribution in [0.5, 0.6) is 0 Å². The molecule has 1 aliphatic rings. The second kappa shape index (κ2) is 6.49. The number of hydrogen-bond donors (Lipinski definition) is 1. The van der Waals surface area contributed by atoms with Crippen molar-refractivity contribution >= 4 is 22.2 Å². The van der Waals surface area contributed by atoms with Gasteiger partial charge in [-0.05, 0) is 44.4 Å². The van der Waals surface area contributed by atoms with Gasteiger partial charge in [0.25, 0.3) is 5.91 Å². The Labute approximate surface area is 141 Å². The summed E-state index contributed by atoms with van der Waals surface area (Å²) >= 11 is 1.73. The van der Waals surface area contributed by atoms with Crippen LogP contribution in [0, 0.1) is 13.8 Å². The van der Waals surface area contributed by atoms with Gasteiger partial charge in [0.1, 0.15) is 11.5 Å². The van der Waals surface area contributed by atoms with E-state index in [4.69, 9.17) is 4.42 Å². The van der Waals surface area contributed by atoms with Crippen molar-refractivity contribution < 1.29 is 14.1 Å². The summed E-state index contributed by atoms with van der Waals surface area (Å²) in [4.78, 5) is 17.6. The molecular weight excluding hydrogens is 308 g/mol. The van der Waals surface area contributed by atoms with Gasteiger partial charge in [0.05, 0.1) is 12.3 Å². The lowest BCUT2D eigenvalue weighted by atomic mass is 10.1. The van der Waals surface area contributed by atoms with Crippen molar-refractivity contribution in [2.24, 2.45) is 0 Å². The van der Waals surface area contributed by atoms with Crippen LogP contribution in [0.15, 0.2) is 22.8 Å². The molecule has 5 heteroatoms. The van der Waals surface area contributed by atoms with Gasteiger partial charge in [-0.25, -0.2) is 4.90 Å². The van der Waals surface area contributed by atoms with Crippen LogP contribution in [-0.2, 0) is 6.54 Å². The molecule has 124 valence electrons. The van der Waals surface area contributed by atoms with Crippen LogP contribution in [-0.4, -0.2) is 18.6 Å². The number of furan rings is 1. The Morgan fingerprint density at radius 3 is 2.74 bits per heavy atom. The van der Waals surface area contributed by atoms with E-state index in [0.29, 0.717) is 11.8 Å². The molecule has 2 aromatic heterocycles. The Balaban J connectivity index is 2.00. The van der Waals surface area contributed by atoms with Crippen molar-refractivity contribution in [2.45, 2.75) is 53.1 Å². The van der Waals surface area contributed by atoms with Crippen LogP contribution < -0.4 is 9.80 Å². The van der Waals surface area contributed by atoms with Crippen LogP contribution in [0.3, 0.4) is 0 Å². The van der Waals surface area contributed by atoms with Crippen molar-refractivity contribution in [1.82, 2.24) is 0 Å². The molecule has 4 nitrogen and oxygen atoms in total. The maximum atomic E-state index is 12.9. The van der Waals surface area contributed by atoms with Gasteiger partial charge in [-0.15, -0.1) is 11.3 Å². The van der Waals surface area contributed by atoms with Crippen LogP contribution in [0.1, 0.15) is 53.2 Å². The highest BCUT2D eigenvalue weighted by Crippen LogP contribution is 2.37. The first-order chi connectivity index (χ1) is 11.1. The monoisotopic (exact) mass is 333 g/mol. The highest BCUT2D eigenvalue weighted by Gasteiger charge is 2.36. The molecular formula is C18H25N2O2S+. The average Bonchev–Trinajstić information content (AvgIpc) is 3.18. The Morgan fingerprint density at radius 1 is 1.39 bits per heavy atom. The van der Waals surface area contributed by atoms with E-state index in [1.54, 1.807) is 29.7 Å². The molecule has 3 rings (SSSR count). The number of fused-ring (bicyclic) bond motifs is 1. The van der Waals surface area contributed by atoms with Gasteiger partial charge in [-0.3, -0.25) is 4.79 Å². The minimum absolute atomic E-state index is 0.0272. The molecule has 1 N–H and O–H groups in total. The molecule has 0 aliphatic carbocycles. The Bertz CT molecular complexity index is 686. The van der Waals surface area contributed by atoms with Crippen molar-refractivity contribution in [1.29, 1.82) is 0 Å². The zero-order chi connectivity index (χ0) is 16.6. The van der Waals surface area contributed by atoms with Gasteiger partial charge >= 0.3 is 0 Å². The number of amides is 1. The van der Waals surface area contributed by atoms with Gasteiger partial charge in [0, 0.05) is 10.4 Å². The quantitative estimate of drug-likeness (QED) is 0.933. The summed E-state index contributed by atoms with van der Waals surface area (Å²) < 4.78 is 5.35. The predicted molar refractivity (Wildman–Crippen MR) is 93.2 cm³/mol. The maximum Gasteiger partial charge on any atom is 0.298 e. The lowest BCUT2D eigenvalue weighted by molar-refractivity contribution is -0.939. The zero-order valence-corrected chi connectivity index (χ0v) is 15.1. The number of carbonyl (C=O) groups excluding carboxylic acids is 1. The molecule has 2 aromatic rings. The fourth-order valence-electron chi connectivity index (χ4n) is 3.48.